The molecule has 0 aromatic heterocycles. The second-order valence-electron chi connectivity index (χ2n) is 9.53. The SMILES string of the molecule is NCc1cccc(CNC(=O)C2N(C(=O)CCC3CCCC3)CCN2C(=O)Nc2cccc(F)c2)c1. The van der Waals surface area contributed by atoms with Gasteiger partial charge < -0.3 is 21.3 Å². The van der Waals surface area contributed by atoms with Crippen LogP contribution in [-0.4, -0.2) is 46.9 Å². The third kappa shape index (κ3) is 6.40. The first kappa shape index (κ1) is 25.6. The van der Waals surface area contributed by atoms with E-state index in [1.54, 1.807) is 6.07 Å². The minimum Gasteiger partial charge on any atom is -0.349 e. The van der Waals surface area contributed by atoms with E-state index in [2.05, 4.69) is 10.6 Å². The monoisotopic (exact) mass is 495 g/mol. The quantitative estimate of drug-likeness (QED) is 0.520. The Balaban J connectivity index is 1.47. The van der Waals surface area contributed by atoms with Crippen molar-refractivity contribution < 1.29 is 18.8 Å². The van der Waals surface area contributed by atoms with Crippen LogP contribution in [0.5, 0.6) is 0 Å². The number of halogens is 1. The Bertz CT molecular complexity index is 1090. The Labute approximate surface area is 211 Å². The van der Waals surface area contributed by atoms with Gasteiger partial charge in [0.25, 0.3) is 5.91 Å². The molecule has 0 bridgehead atoms. The molecule has 1 atom stereocenters. The summed E-state index contributed by atoms with van der Waals surface area (Å²) in [4.78, 5) is 42.5. The molecule has 1 heterocycles. The highest BCUT2D eigenvalue weighted by Gasteiger charge is 2.42. The smallest absolute Gasteiger partial charge is 0.323 e. The lowest BCUT2D eigenvalue weighted by molar-refractivity contribution is -0.141. The topological polar surface area (TPSA) is 108 Å². The Morgan fingerprint density at radius 1 is 0.972 bits per heavy atom. The first-order chi connectivity index (χ1) is 17.4. The van der Waals surface area contributed by atoms with E-state index >= 15 is 0 Å². The van der Waals surface area contributed by atoms with E-state index in [4.69, 9.17) is 5.73 Å². The van der Waals surface area contributed by atoms with Crippen molar-refractivity contribution >= 4 is 23.5 Å². The summed E-state index contributed by atoms with van der Waals surface area (Å²) in [5.41, 5.74) is 7.82. The maximum atomic E-state index is 13.6. The third-order valence-corrected chi connectivity index (χ3v) is 7.00. The third-order valence-electron chi connectivity index (χ3n) is 7.00. The molecule has 8 nitrogen and oxygen atoms in total. The maximum Gasteiger partial charge on any atom is 0.323 e. The fraction of sp³-hybridized carbons (Fsp3) is 0.444. The van der Waals surface area contributed by atoms with Crippen LogP contribution in [0, 0.1) is 11.7 Å². The van der Waals surface area contributed by atoms with Crippen LogP contribution in [0.1, 0.15) is 49.7 Å². The van der Waals surface area contributed by atoms with Crippen molar-refractivity contribution in [3.8, 4) is 0 Å². The molecule has 1 aliphatic carbocycles. The standard InChI is InChI=1S/C27H34FN5O3/c28-22-9-4-10-23(16-22)31-27(36)33-14-13-32(24(34)12-11-19-5-1-2-6-19)26(33)25(35)30-18-21-8-3-7-20(15-21)17-29/h3-4,7-10,15-16,19,26H,1-2,5-6,11-14,17-18,29H2,(H,30,35)(H,31,36). The summed E-state index contributed by atoms with van der Waals surface area (Å²) >= 11 is 0. The molecule has 4 rings (SSSR count). The second-order valence-corrected chi connectivity index (χ2v) is 9.53. The van der Waals surface area contributed by atoms with E-state index in [-0.39, 0.29) is 31.2 Å². The fourth-order valence-electron chi connectivity index (χ4n) is 5.06. The maximum absolute atomic E-state index is 13.6. The van der Waals surface area contributed by atoms with Crippen LogP contribution in [0.25, 0.3) is 0 Å². The van der Waals surface area contributed by atoms with Gasteiger partial charge in [-0.3, -0.25) is 14.5 Å². The lowest BCUT2D eigenvalue weighted by atomic mass is 10.0. The Morgan fingerprint density at radius 2 is 1.69 bits per heavy atom. The predicted molar refractivity (Wildman–Crippen MR) is 135 cm³/mol. The molecular weight excluding hydrogens is 461 g/mol. The van der Waals surface area contributed by atoms with Crippen LogP contribution in [0.15, 0.2) is 48.5 Å². The second kappa shape index (κ2) is 12.0. The van der Waals surface area contributed by atoms with E-state index in [0.717, 1.165) is 30.4 Å². The largest absolute Gasteiger partial charge is 0.349 e. The molecule has 4 amide bonds. The number of carbonyl (C=O) groups excluding carboxylic acids is 3. The van der Waals surface area contributed by atoms with Gasteiger partial charge in [0, 0.05) is 38.3 Å². The van der Waals surface area contributed by atoms with E-state index in [1.807, 2.05) is 24.3 Å². The summed E-state index contributed by atoms with van der Waals surface area (Å²) in [7, 11) is 0. The van der Waals surface area contributed by atoms with Crippen molar-refractivity contribution in [2.45, 2.75) is 57.8 Å². The molecule has 1 unspecified atom stereocenters. The first-order valence-electron chi connectivity index (χ1n) is 12.6. The summed E-state index contributed by atoms with van der Waals surface area (Å²) < 4.78 is 13.6. The molecule has 36 heavy (non-hydrogen) atoms. The molecule has 1 saturated carbocycles. The number of amides is 4. The molecular formula is C27H34FN5O3. The summed E-state index contributed by atoms with van der Waals surface area (Å²) in [5, 5.41) is 5.53. The number of carbonyl (C=O) groups is 3. The van der Waals surface area contributed by atoms with Crippen molar-refractivity contribution in [3.05, 3.63) is 65.5 Å². The van der Waals surface area contributed by atoms with Crippen molar-refractivity contribution in [2.75, 3.05) is 18.4 Å². The number of benzene rings is 2. The van der Waals surface area contributed by atoms with Gasteiger partial charge in [-0.15, -0.1) is 0 Å². The van der Waals surface area contributed by atoms with Gasteiger partial charge >= 0.3 is 6.03 Å². The molecule has 2 aromatic carbocycles. The lowest BCUT2D eigenvalue weighted by Crippen LogP contribution is -2.54. The molecule has 9 heteroatoms. The van der Waals surface area contributed by atoms with E-state index in [0.29, 0.717) is 18.9 Å². The molecule has 2 aromatic rings. The summed E-state index contributed by atoms with van der Waals surface area (Å²) in [6, 6.07) is 12.6. The number of urea groups is 1. The number of hydrogen-bond acceptors (Lipinski definition) is 4. The highest BCUT2D eigenvalue weighted by Crippen LogP contribution is 2.29. The molecule has 192 valence electrons. The van der Waals surface area contributed by atoms with Crippen LogP contribution in [0.4, 0.5) is 14.9 Å². The minimum atomic E-state index is -1.08. The number of anilines is 1. The minimum absolute atomic E-state index is 0.131. The summed E-state index contributed by atoms with van der Waals surface area (Å²) in [5.74, 6) is -0.500. The number of hydrogen-bond donors (Lipinski definition) is 3. The fourth-order valence-corrected chi connectivity index (χ4v) is 5.06. The van der Waals surface area contributed by atoms with Gasteiger partial charge in [-0.25, -0.2) is 9.18 Å². The molecule has 0 spiro atoms. The normalized spacial score (nSPS) is 17.9. The van der Waals surface area contributed by atoms with Crippen molar-refractivity contribution in [1.82, 2.24) is 15.1 Å². The average Bonchev–Trinajstić information content (AvgIpc) is 3.56. The molecule has 2 aliphatic rings. The number of nitrogens with one attached hydrogen (secondary N) is 2. The van der Waals surface area contributed by atoms with Gasteiger partial charge in [0.2, 0.25) is 5.91 Å². The van der Waals surface area contributed by atoms with E-state index in [1.165, 1.54) is 40.8 Å². The van der Waals surface area contributed by atoms with Gasteiger partial charge in [0.1, 0.15) is 5.82 Å². The van der Waals surface area contributed by atoms with Crippen LogP contribution in [0.2, 0.25) is 0 Å². The van der Waals surface area contributed by atoms with Gasteiger partial charge in [-0.05, 0) is 41.7 Å². The predicted octanol–water partition coefficient (Wildman–Crippen LogP) is 3.57. The van der Waals surface area contributed by atoms with Crippen LogP contribution in [0.3, 0.4) is 0 Å². The summed E-state index contributed by atoms with van der Waals surface area (Å²) in [6.45, 7) is 1.10. The van der Waals surface area contributed by atoms with Crippen molar-refractivity contribution in [1.29, 1.82) is 0 Å². The van der Waals surface area contributed by atoms with Crippen LogP contribution >= 0.6 is 0 Å². The first-order valence-corrected chi connectivity index (χ1v) is 12.6. The van der Waals surface area contributed by atoms with Crippen LogP contribution < -0.4 is 16.4 Å². The zero-order chi connectivity index (χ0) is 25.5. The number of rotatable bonds is 8. The highest BCUT2D eigenvalue weighted by atomic mass is 19.1. The molecule has 2 fully saturated rings. The Hall–Kier alpha value is -3.46. The Kier molecular flexibility index (Phi) is 8.53. The van der Waals surface area contributed by atoms with E-state index in [9.17, 15) is 18.8 Å². The van der Waals surface area contributed by atoms with Crippen molar-refractivity contribution in [2.24, 2.45) is 11.7 Å². The van der Waals surface area contributed by atoms with E-state index < -0.39 is 23.9 Å². The Morgan fingerprint density at radius 3 is 2.44 bits per heavy atom. The lowest BCUT2D eigenvalue weighted by Gasteiger charge is -2.29. The zero-order valence-corrected chi connectivity index (χ0v) is 20.4. The van der Waals surface area contributed by atoms with Gasteiger partial charge in [0.05, 0.1) is 0 Å². The zero-order valence-electron chi connectivity index (χ0n) is 20.4. The number of nitrogens with zero attached hydrogens (tertiary/aromatic N) is 2. The molecule has 0 radical (unpaired) electrons. The van der Waals surface area contributed by atoms with Gasteiger partial charge in [-0.1, -0.05) is 56.0 Å². The average molecular weight is 496 g/mol. The number of nitrogens with two attached hydrogens (primary N) is 1. The van der Waals surface area contributed by atoms with Gasteiger partial charge in [-0.2, -0.15) is 0 Å². The van der Waals surface area contributed by atoms with Crippen LogP contribution in [-0.2, 0) is 22.7 Å². The molecule has 1 saturated heterocycles. The van der Waals surface area contributed by atoms with Crippen molar-refractivity contribution in [3.63, 3.8) is 0 Å². The molecule has 1 aliphatic heterocycles. The highest BCUT2D eigenvalue weighted by molar-refractivity contribution is 5.96. The molecule has 4 N–H and O–H groups in total. The summed E-state index contributed by atoms with van der Waals surface area (Å²) in [6.07, 6.45) is 4.76. The van der Waals surface area contributed by atoms with Gasteiger partial charge in [0.15, 0.2) is 6.17 Å².